The lowest BCUT2D eigenvalue weighted by Crippen LogP contribution is -2.32. The lowest BCUT2D eigenvalue weighted by molar-refractivity contribution is -0.120. The summed E-state index contributed by atoms with van der Waals surface area (Å²) in [6.45, 7) is 3.10. The van der Waals surface area contributed by atoms with Crippen molar-refractivity contribution in [2.24, 2.45) is 11.7 Å². The minimum atomic E-state index is -0.291. The summed E-state index contributed by atoms with van der Waals surface area (Å²) < 4.78 is 12.6. The standard InChI is InChI=1S/C12H17FN2O.ClH/c1-9(7-14)8-15-12(16)6-10-2-4-11(13)5-3-10;/h2-5,9H,6-8,14H2,1H3,(H,15,16);1H. The van der Waals surface area contributed by atoms with Gasteiger partial charge in [0.1, 0.15) is 5.82 Å². The van der Waals surface area contributed by atoms with Crippen molar-refractivity contribution in [2.45, 2.75) is 13.3 Å². The molecular formula is C12H18ClFN2O. The fourth-order valence-electron chi connectivity index (χ4n) is 1.22. The van der Waals surface area contributed by atoms with Crippen LogP contribution < -0.4 is 11.1 Å². The van der Waals surface area contributed by atoms with Crippen molar-refractivity contribution >= 4 is 18.3 Å². The van der Waals surface area contributed by atoms with Crippen molar-refractivity contribution in [1.29, 1.82) is 0 Å². The first-order valence-electron chi connectivity index (χ1n) is 5.33. The molecule has 0 saturated carbocycles. The van der Waals surface area contributed by atoms with E-state index in [9.17, 15) is 9.18 Å². The van der Waals surface area contributed by atoms with E-state index < -0.39 is 0 Å². The number of rotatable bonds is 5. The normalized spacial score (nSPS) is 11.5. The summed E-state index contributed by atoms with van der Waals surface area (Å²) in [7, 11) is 0. The number of nitrogens with one attached hydrogen (secondary N) is 1. The lowest BCUT2D eigenvalue weighted by Gasteiger charge is -2.09. The minimum absolute atomic E-state index is 0. The molecule has 0 aliphatic heterocycles. The van der Waals surface area contributed by atoms with E-state index in [1.54, 1.807) is 12.1 Å². The second-order valence-electron chi connectivity index (χ2n) is 3.95. The summed E-state index contributed by atoms with van der Waals surface area (Å²) in [6.07, 6.45) is 0.275. The second-order valence-corrected chi connectivity index (χ2v) is 3.95. The van der Waals surface area contributed by atoms with Crippen molar-refractivity contribution in [2.75, 3.05) is 13.1 Å². The first-order valence-corrected chi connectivity index (χ1v) is 5.33. The Hall–Kier alpha value is -1.13. The zero-order chi connectivity index (χ0) is 12.0. The van der Waals surface area contributed by atoms with Gasteiger partial charge in [-0.3, -0.25) is 4.79 Å². The van der Waals surface area contributed by atoms with E-state index in [2.05, 4.69) is 5.32 Å². The average molecular weight is 261 g/mol. The van der Waals surface area contributed by atoms with Crippen LogP contribution in [0.1, 0.15) is 12.5 Å². The zero-order valence-electron chi connectivity index (χ0n) is 9.78. The van der Waals surface area contributed by atoms with Gasteiger partial charge in [0.05, 0.1) is 6.42 Å². The molecule has 1 unspecified atom stereocenters. The van der Waals surface area contributed by atoms with Gasteiger partial charge in [-0.15, -0.1) is 12.4 Å². The van der Waals surface area contributed by atoms with Crippen LogP contribution in [0.4, 0.5) is 4.39 Å². The maximum atomic E-state index is 12.6. The summed E-state index contributed by atoms with van der Waals surface area (Å²) in [5, 5.41) is 2.78. The van der Waals surface area contributed by atoms with Crippen molar-refractivity contribution < 1.29 is 9.18 Å². The van der Waals surface area contributed by atoms with Crippen LogP contribution in [0, 0.1) is 11.7 Å². The van der Waals surface area contributed by atoms with Crippen LogP contribution >= 0.6 is 12.4 Å². The van der Waals surface area contributed by atoms with Crippen LogP contribution in [0.25, 0.3) is 0 Å². The van der Waals surface area contributed by atoms with Crippen LogP contribution in [-0.4, -0.2) is 19.0 Å². The molecule has 1 aromatic rings. The van der Waals surface area contributed by atoms with E-state index in [0.29, 0.717) is 13.1 Å². The van der Waals surface area contributed by atoms with E-state index in [-0.39, 0.29) is 36.5 Å². The monoisotopic (exact) mass is 260 g/mol. The highest BCUT2D eigenvalue weighted by Gasteiger charge is 2.05. The molecule has 5 heteroatoms. The summed E-state index contributed by atoms with van der Waals surface area (Å²) in [4.78, 5) is 11.5. The summed E-state index contributed by atoms with van der Waals surface area (Å²) in [5.41, 5.74) is 6.24. The summed E-state index contributed by atoms with van der Waals surface area (Å²) >= 11 is 0. The zero-order valence-corrected chi connectivity index (χ0v) is 10.6. The second kappa shape index (κ2) is 8.03. The number of hydrogen-bond donors (Lipinski definition) is 2. The molecule has 0 bridgehead atoms. The fourth-order valence-corrected chi connectivity index (χ4v) is 1.22. The van der Waals surface area contributed by atoms with Gasteiger partial charge in [-0.25, -0.2) is 4.39 Å². The van der Waals surface area contributed by atoms with E-state index in [0.717, 1.165) is 5.56 Å². The van der Waals surface area contributed by atoms with Crippen molar-refractivity contribution in [3.05, 3.63) is 35.6 Å². The Balaban J connectivity index is 0.00000256. The highest BCUT2D eigenvalue weighted by Crippen LogP contribution is 2.03. The Bertz CT molecular complexity index is 343. The first kappa shape index (κ1) is 15.9. The molecule has 0 saturated heterocycles. The van der Waals surface area contributed by atoms with E-state index in [4.69, 9.17) is 5.73 Å². The van der Waals surface area contributed by atoms with Crippen LogP contribution in [0.2, 0.25) is 0 Å². The third-order valence-electron chi connectivity index (χ3n) is 2.33. The summed E-state index contributed by atoms with van der Waals surface area (Å²) in [5.74, 6) is -0.0787. The third kappa shape index (κ3) is 6.24. The molecule has 3 N–H and O–H groups in total. The van der Waals surface area contributed by atoms with Crippen molar-refractivity contribution in [3.8, 4) is 0 Å². The van der Waals surface area contributed by atoms with Gasteiger partial charge in [-0.1, -0.05) is 19.1 Å². The Labute approximate surface area is 107 Å². The van der Waals surface area contributed by atoms with Crippen molar-refractivity contribution in [1.82, 2.24) is 5.32 Å². The topological polar surface area (TPSA) is 55.1 Å². The molecule has 1 rings (SSSR count). The number of carbonyl (C=O) groups excluding carboxylic acids is 1. The number of benzene rings is 1. The van der Waals surface area contributed by atoms with E-state index in [1.807, 2.05) is 6.92 Å². The number of carbonyl (C=O) groups is 1. The predicted octanol–water partition coefficient (Wildman–Crippen LogP) is 1.50. The Morgan fingerprint density at radius 2 is 2.00 bits per heavy atom. The van der Waals surface area contributed by atoms with Gasteiger partial charge in [-0.05, 0) is 30.2 Å². The van der Waals surface area contributed by atoms with Crippen LogP contribution in [0.15, 0.2) is 24.3 Å². The molecule has 0 spiro atoms. The highest BCUT2D eigenvalue weighted by molar-refractivity contribution is 5.85. The van der Waals surface area contributed by atoms with E-state index in [1.165, 1.54) is 12.1 Å². The number of nitrogens with two attached hydrogens (primary N) is 1. The highest BCUT2D eigenvalue weighted by atomic mass is 35.5. The number of amides is 1. The maximum Gasteiger partial charge on any atom is 0.224 e. The fraction of sp³-hybridized carbons (Fsp3) is 0.417. The van der Waals surface area contributed by atoms with Crippen LogP contribution in [0.3, 0.4) is 0 Å². The van der Waals surface area contributed by atoms with Gasteiger partial charge in [0.2, 0.25) is 5.91 Å². The molecule has 0 aromatic heterocycles. The van der Waals surface area contributed by atoms with Crippen molar-refractivity contribution in [3.63, 3.8) is 0 Å². The molecule has 0 aliphatic carbocycles. The largest absolute Gasteiger partial charge is 0.356 e. The van der Waals surface area contributed by atoms with Gasteiger partial charge in [-0.2, -0.15) is 0 Å². The quantitative estimate of drug-likeness (QED) is 0.843. The molecule has 3 nitrogen and oxygen atoms in total. The molecule has 96 valence electrons. The van der Waals surface area contributed by atoms with Crippen LogP contribution in [-0.2, 0) is 11.2 Å². The van der Waals surface area contributed by atoms with Gasteiger partial charge >= 0.3 is 0 Å². The number of hydrogen-bond acceptors (Lipinski definition) is 2. The summed E-state index contributed by atoms with van der Waals surface area (Å²) in [6, 6.07) is 5.93. The van der Waals surface area contributed by atoms with Gasteiger partial charge in [0.25, 0.3) is 0 Å². The minimum Gasteiger partial charge on any atom is -0.356 e. The smallest absolute Gasteiger partial charge is 0.224 e. The Morgan fingerprint density at radius 1 is 1.41 bits per heavy atom. The molecular weight excluding hydrogens is 243 g/mol. The van der Waals surface area contributed by atoms with Gasteiger partial charge in [0.15, 0.2) is 0 Å². The molecule has 1 aromatic carbocycles. The Kier molecular flexibility index (Phi) is 7.50. The molecule has 0 aliphatic rings. The van der Waals surface area contributed by atoms with E-state index >= 15 is 0 Å². The maximum absolute atomic E-state index is 12.6. The van der Waals surface area contributed by atoms with Gasteiger partial charge in [0, 0.05) is 6.54 Å². The lowest BCUT2D eigenvalue weighted by atomic mass is 10.1. The Morgan fingerprint density at radius 3 is 2.53 bits per heavy atom. The molecule has 1 amide bonds. The molecule has 1 atom stereocenters. The molecule has 0 heterocycles. The SMILES string of the molecule is CC(CN)CNC(=O)Cc1ccc(F)cc1.Cl. The molecule has 0 fully saturated rings. The predicted molar refractivity (Wildman–Crippen MR) is 68.6 cm³/mol. The molecule has 17 heavy (non-hydrogen) atoms. The van der Waals surface area contributed by atoms with Crippen LogP contribution in [0.5, 0.6) is 0 Å². The first-order chi connectivity index (χ1) is 7.61. The van der Waals surface area contributed by atoms with Gasteiger partial charge < -0.3 is 11.1 Å². The number of halogens is 2. The third-order valence-corrected chi connectivity index (χ3v) is 2.33. The average Bonchev–Trinajstić information content (AvgIpc) is 2.29. The molecule has 0 radical (unpaired) electrons.